The van der Waals surface area contributed by atoms with Gasteiger partial charge in [0.1, 0.15) is 5.82 Å². The van der Waals surface area contributed by atoms with Gasteiger partial charge < -0.3 is 10.3 Å². The van der Waals surface area contributed by atoms with Gasteiger partial charge in [-0.1, -0.05) is 40.2 Å². The Kier molecular flexibility index (Phi) is 4.08. The molecule has 0 saturated heterocycles. The minimum Gasteiger partial charge on any atom is -0.328 e. The van der Waals surface area contributed by atoms with Crippen molar-refractivity contribution in [2.75, 3.05) is 0 Å². The highest BCUT2D eigenvalue weighted by Gasteiger charge is 2.14. The number of imidazole rings is 1. The molecule has 1 aromatic heterocycles. The second-order valence-corrected chi connectivity index (χ2v) is 6.04. The lowest BCUT2D eigenvalue weighted by Gasteiger charge is -2.13. The minimum atomic E-state index is -0.0513. The van der Waals surface area contributed by atoms with Crippen LogP contribution in [0.2, 0.25) is 0 Å². The molecular formula is C17H18BrN3. The van der Waals surface area contributed by atoms with Crippen molar-refractivity contribution in [2.24, 2.45) is 5.73 Å². The number of benzene rings is 2. The van der Waals surface area contributed by atoms with Gasteiger partial charge in [0.05, 0.1) is 11.0 Å². The Labute approximate surface area is 132 Å². The van der Waals surface area contributed by atoms with Gasteiger partial charge in [0, 0.05) is 23.5 Å². The van der Waals surface area contributed by atoms with Crippen molar-refractivity contribution in [2.45, 2.75) is 25.9 Å². The molecule has 3 aromatic rings. The summed E-state index contributed by atoms with van der Waals surface area (Å²) in [5, 5.41) is 0. The molecule has 0 aliphatic carbocycles. The molecule has 2 N–H and O–H groups in total. The predicted molar refractivity (Wildman–Crippen MR) is 90.2 cm³/mol. The third-order valence-electron chi connectivity index (χ3n) is 3.73. The van der Waals surface area contributed by atoms with Crippen LogP contribution in [0.5, 0.6) is 0 Å². The summed E-state index contributed by atoms with van der Waals surface area (Å²) in [6.07, 6.45) is 0.735. The molecule has 21 heavy (non-hydrogen) atoms. The minimum absolute atomic E-state index is 0.0513. The van der Waals surface area contributed by atoms with Crippen LogP contribution in [0.4, 0.5) is 0 Å². The van der Waals surface area contributed by atoms with E-state index in [2.05, 4.69) is 51.7 Å². The highest BCUT2D eigenvalue weighted by atomic mass is 79.9. The normalized spacial score (nSPS) is 12.7. The van der Waals surface area contributed by atoms with Gasteiger partial charge in [0.15, 0.2) is 0 Å². The molecule has 3 nitrogen and oxygen atoms in total. The molecule has 2 aromatic carbocycles. The summed E-state index contributed by atoms with van der Waals surface area (Å²) in [6, 6.07) is 16.3. The number of hydrogen-bond donors (Lipinski definition) is 1. The molecule has 0 saturated carbocycles. The van der Waals surface area contributed by atoms with Gasteiger partial charge in [-0.2, -0.15) is 0 Å². The summed E-state index contributed by atoms with van der Waals surface area (Å²) in [5.74, 6) is 1.05. The maximum atomic E-state index is 6.37. The molecule has 0 spiro atoms. The summed E-state index contributed by atoms with van der Waals surface area (Å²) in [7, 11) is 0. The Morgan fingerprint density at radius 2 is 2.00 bits per heavy atom. The molecular weight excluding hydrogens is 326 g/mol. The second-order valence-electron chi connectivity index (χ2n) is 5.13. The van der Waals surface area contributed by atoms with E-state index in [1.807, 2.05) is 24.3 Å². The SMILES string of the molecule is CCn1c(CC(N)c2cccc(Br)c2)nc2ccccc21. The van der Waals surface area contributed by atoms with E-state index < -0.39 is 0 Å². The molecule has 0 fully saturated rings. The Bertz CT molecular complexity index is 764. The third-order valence-corrected chi connectivity index (χ3v) is 4.22. The highest BCUT2D eigenvalue weighted by Crippen LogP contribution is 2.22. The van der Waals surface area contributed by atoms with Crippen LogP contribution in [-0.4, -0.2) is 9.55 Å². The number of rotatable bonds is 4. The summed E-state index contributed by atoms with van der Waals surface area (Å²) in [6.45, 7) is 3.04. The monoisotopic (exact) mass is 343 g/mol. The Morgan fingerprint density at radius 1 is 1.19 bits per heavy atom. The standard InChI is InChI=1S/C17H18BrN3/c1-2-21-16-9-4-3-8-15(16)20-17(21)11-14(19)12-6-5-7-13(18)10-12/h3-10,14H,2,11,19H2,1H3. The van der Waals surface area contributed by atoms with Crippen molar-refractivity contribution in [3.63, 3.8) is 0 Å². The van der Waals surface area contributed by atoms with Crippen LogP contribution in [0.25, 0.3) is 11.0 Å². The van der Waals surface area contributed by atoms with Crippen molar-refractivity contribution in [1.29, 1.82) is 0 Å². The van der Waals surface area contributed by atoms with Crippen molar-refractivity contribution >= 4 is 27.0 Å². The fourth-order valence-electron chi connectivity index (χ4n) is 2.69. The highest BCUT2D eigenvalue weighted by molar-refractivity contribution is 9.10. The topological polar surface area (TPSA) is 43.8 Å². The first kappa shape index (κ1) is 14.3. The molecule has 1 atom stereocenters. The van der Waals surface area contributed by atoms with Crippen LogP contribution in [0.1, 0.15) is 24.4 Å². The van der Waals surface area contributed by atoms with Gasteiger partial charge in [0.25, 0.3) is 0 Å². The smallest absolute Gasteiger partial charge is 0.111 e. The van der Waals surface area contributed by atoms with E-state index >= 15 is 0 Å². The lowest BCUT2D eigenvalue weighted by atomic mass is 10.0. The van der Waals surface area contributed by atoms with E-state index in [-0.39, 0.29) is 6.04 Å². The van der Waals surface area contributed by atoms with Crippen LogP contribution in [0.15, 0.2) is 53.0 Å². The maximum Gasteiger partial charge on any atom is 0.111 e. The van der Waals surface area contributed by atoms with Gasteiger partial charge in [0.2, 0.25) is 0 Å². The molecule has 3 rings (SSSR count). The molecule has 0 bridgehead atoms. The number of nitrogens with two attached hydrogens (primary N) is 1. The molecule has 1 unspecified atom stereocenters. The van der Waals surface area contributed by atoms with Gasteiger partial charge in [-0.3, -0.25) is 0 Å². The van der Waals surface area contributed by atoms with Crippen molar-refractivity contribution in [1.82, 2.24) is 9.55 Å². The number of nitrogens with zero attached hydrogens (tertiary/aromatic N) is 2. The average molecular weight is 344 g/mol. The summed E-state index contributed by atoms with van der Waals surface area (Å²) >= 11 is 3.50. The zero-order chi connectivity index (χ0) is 14.8. The van der Waals surface area contributed by atoms with E-state index in [9.17, 15) is 0 Å². The molecule has 108 valence electrons. The van der Waals surface area contributed by atoms with Crippen LogP contribution in [-0.2, 0) is 13.0 Å². The van der Waals surface area contributed by atoms with Crippen LogP contribution in [0, 0.1) is 0 Å². The van der Waals surface area contributed by atoms with Crippen LogP contribution in [0.3, 0.4) is 0 Å². The lowest BCUT2D eigenvalue weighted by molar-refractivity contribution is 0.637. The quantitative estimate of drug-likeness (QED) is 0.776. The zero-order valence-electron chi connectivity index (χ0n) is 12.0. The number of halogens is 1. The van der Waals surface area contributed by atoms with Crippen LogP contribution < -0.4 is 5.73 Å². The van der Waals surface area contributed by atoms with Crippen LogP contribution >= 0.6 is 15.9 Å². The zero-order valence-corrected chi connectivity index (χ0v) is 13.5. The summed E-state index contributed by atoms with van der Waals surface area (Å²) in [5.41, 5.74) is 9.71. The van der Waals surface area contributed by atoms with Crippen molar-refractivity contribution < 1.29 is 0 Å². The number of aromatic nitrogens is 2. The molecule has 0 amide bonds. The first-order valence-electron chi connectivity index (χ1n) is 7.14. The number of fused-ring (bicyclic) bond motifs is 1. The Morgan fingerprint density at radius 3 is 2.76 bits per heavy atom. The fourth-order valence-corrected chi connectivity index (χ4v) is 3.10. The van der Waals surface area contributed by atoms with E-state index in [0.717, 1.165) is 34.3 Å². The van der Waals surface area contributed by atoms with Crippen molar-refractivity contribution in [3.8, 4) is 0 Å². The largest absolute Gasteiger partial charge is 0.328 e. The van der Waals surface area contributed by atoms with Gasteiger partial charge in [-0.15, -0.1) is 0 Å². The third kappa shape index (κ3) is 2.87. The molecule has 0 aliphatic heterocycles. The Balaban J connectivity index is 1.94. The van der Waals surface area contributed by atoms with E-state index in [1.165, 1.54) is 5.52 Å². The average Bonchev–Trinajstić information content (AvgIpc) is 2.84. The maximum absolute atomic E-state index is 6.37. The Hall–Kier alpha value is -1.65. The molecule has 0 aliphatic rings. The first-order valence-corrected chi connectivity index (χ1v) is 7.93. The van der Waals surface area contributed by atoms with E-state index in [1.54, 1.807) is 0 Å². The van der Waals surface area contributed by atoms with Gasteiger partial charge >= 0.3 is 0 Å². The summed E-state index contributed by atoms with van der Waals surface area (Å²) in [4.78, 5) is 4.74. The second kappa shape index (κ2) is 6.00. The molecule has 4 heteroatoms. The van der Waals surface area contributed by atoms with E-state index in [4.69, 9.17) is 10.7 Å². The summed E-state index contributed by atoms with van der Waals surface area (Å²) < 4.78 is 3.30. The van der Waals surface area contributed by atoms with Gasteiger partial charge in [-0.05, 0) is 36.8 Å². The van der Waals surface area contributed by atoms with Crippen molar-refractivity contribution in [3.05, 3.63) is 64.4 Å². The fraction of sp³-hybridized carbons (Fsp3) is 0.235. The lowest BCUT2D eigenvalue weighted by Crippen LogP contribution is -2.16. The number of aryl methyl sites for hydroxylation is 1. The molecule has 0 radical (unpaired) electrons. The first-order chi connectivity index (χ1) is 10.2. The predicted octanol–water partition coefficient (Wildman–Crippen LogP) is 4.06. The van der Waals surface area contributed by atoms with Gasteiger partial charge in [-0.25, -0.2) is 4.98 Å². The number of hydrogen-bond acceptors (Lipinski definition) is 2. The van der Waals surface area contributed by atoms with E-state index in [0.29, 0.717) is 0 Å². The number of para-hydroxylation sites is 2. The molecule has 1 heterocycles.